The van der Waals surface area contributed by atoms with E-state index in [2.05, 4.69) is 43.2 Å². The van der Waals surface area contributed by atoms with Gasteiger partial charge in [0, 0.05) is 24.0 Å². The molecule has 0 saturated heterocycles. The van der Waals surface area contributed by atoms with Gasteiger partial charge < -0.3 is 16.4 Å². The van der Waals surface area contributed by atoms with E-state index in [4.69, 9.17) is 5.73 Å². The van der Waals surface area contributed by atoms with Crippen molar-refractivity contribution in [1.29, 1.82) is 0 Å². The molecule has 0 radical (unpaired) electrons. The fourth-order valence-electron chi connectivity index (χ4n) is 2.30. The van der Waals surface area contributed by atoms with Crippen LogP contribution in [0.4, 0.5) is 5.69 Å². The summed E-state index contributed by atoms with van der Waals surface area (Å²) in [5, 5.41) is 6.32. The highest BCUT2D eigenvalue weighted by atomic mass is 32.1. The molecule has 0 fully saturated rings. The number of hydrogen-bond donors (Lipinski definition) is 4. The Hall–Kier alpha value is -1.04. The van der Waals surface area contributed by atoms with Crippen molar-refractivity contribution >= 4 is 24.2 Å². The van der Waals surface area contributed by atoms with Gasteiger partial charge >= 0.3 is 0 Å². The van der Waals surface area contributed by atoms with Gasteiger partial charge in [-0.15, -0.1) is 0 Å². The molecule has 1 amide bonds. The lowest BCUT2D eigenvalue weighted by Crippen LogP contribution is -2.49. The largest absolute Gasteiger partial charge is 0.326 e. The Labute approximate surface area is 139 Å². The van der Waals surface area contributed by atoms with Crippen LogP contribution in [-0.4, -0.2) is 30.3 Å². The van der Waals surface area contributed by atoms with E-state index >= 15 is 0 Å². The predicted molar refractivity (Wildman–Crippen MR) is 97.6 cm³/mol. The smallest absolute Gasteiger partial charge is 0.241 e. The van der Waals surface area contributed by atoms with E-state index in [0.29, 0.717) is 12.3 Å². The lowest BCUT2D eigenvalue weighted by Gasteiger charge is -2.25. The Morgan fingerprint density at radius 1 is 1.36 bits per heavy atom. The van der Waals surface area contributed by atoms with Gasteiger partial charge in [-0.05, 0) is 31.4 Å². The van der Waals surface area contributed by atoms with Crippen LogP contribution in [0.5, 0.6) is 0 Å². The first-order valence-electron chi connectivity index (χ1n) is 7.87. The first-order valence-corrected chi connectivity index (χ1v) is 8.50. The quantitative estimate of drug-likeness (QED) is 0.556. The molecule has 0 aliphatic rings. The van der Waals surface area contributed by atoms with Gasteiger partial charge in [-0.3, -0.25) is 4.79 Å². The van der Waals surface area contributed by atoms with E-state index in [0.717, 1.165) is 17.7 Å². The zero-order valence-corrected chi connectivity index (χ0v) is 14.9. The number of hydrogen-bond acceptors (Lipinski definition) is 4. The van der Waals surface area contributed by atoms with E-state index in [9.17, 15) is 4.79 Å². The molecule has 5 heteroatoms. The van der Waals surface area contributed by atoms with Crippen LogP contribution in [0.25, 0.3) is 0 Å². The molecule has 1 rings (SSSR count). The number of nitrogens with one attached hydrogen (secondary N) is 2. The maximum absolute atomic E-state index is 12.6. The number of anilines is 1. The number of aryl methyl sites for hydroxylation is 2. The van der Waals surface area contributed by atoms with Gasteiger partial charge in [0.15, 0.2) is 0 Å². The average molecular weight is 324 g/mol. The van der Waals surface area contributed by atoms with Gasteiger partial charge in [0.2, 0.25) is 5.91 Å². The first kappa shape index (κ1) is 19.0. The van der Waals surface area contributed by atoms with E-state index in [-0.39, 0.29) is 23.9 Å². The number of rotatable bonds is 8. The third-order valence-electron chi connectivity index (χ3n) is 3.97. The Bertz CT molecular complexity index is 493. The highest BCUT2D eigenvalue weighted by Crippen LogP contribution is 2.18. The average Bonchev–Trinajstić information content (AvgIpc) is 2.49. The van der Waals surface area contributed by atoms with Crippen LogP contribution in [0, 0.1) is 19.8 Å². The highest BCUT2D eigenvalue weighted by Gasteiger charge is 2.24. The minimum atomic E-state index is -0.253. The van der Waals surface area contributed by atoms with Crippen LogP contribution in [0.15, 0.2) is 18.2 Å². The van der Waals surface area contributed by atoms with Crippen LogP contribution in [0.2, 0.25) is 0 Å². The van der Waals surface area contributed by atoms with Crippen LogP contribution in [-0.2, 0) is 4.79 Å². The van der Waals surface area contributed by atoms with Crippen molar-refractivity contribution < 1.29 is 4.79 Å². The van der Waals surface area contributed by atoms with E-state index < -0.39 is 0 Å². The van der Waals surface area contributed by atoms with Crippen molar-refractivity contribution in [1.82, 2.24) is 5.32 Å². The molecule has 124 valence electrons. The third kappa shape index (κ3) is 5.63. The molecule has 4 N–H and O–H groups in total. The van der Waals surface area contributed by atoms with Crippen LogP contribution in [0.3, 0.4) is 0 Å². The highest BCUT2D eigenvalue weighted by molar-refractivity contribution is 7.80. The maximum atomic E-state index is 12.6. The monoisotopic (exact) mass is 323 g/mol. The molecule has 0 aliphatic carbocycles. The van der Waals surface area contributed by atoms with Crippen molar-refractivity contribution in [3.8, 4) is 0 Å². The molecule has 1 unspecified atom stereocenters. The summed E-state index contributed by atoms with van der Waals surface area (Å²) in [5.74, 6) is 0.823. The number of benzene rings is 1. The molecule has 1 aromatic rings. The van der Waals surface area contributed by atoms with E-state index in [1.165, 1.54) is 5.56 Å². The molecule has 0 saturated carbocycles. The van der Waals surface area contributed by atoms with Gasteiger partial charge in [0.05, 0.1) is 6.04 Å². The first-order chi connectivity index (χ1) is 10.4. The lowest BCUT2D eigenvalue weighted by atomic mass is 9.97. The third-order valence-corrected chi connectivity index (χ3v) is 4.44. The second-order valence-electron chi connectivity index (χ2n) is 6.02. The zero-order valence-electron chi connectivity index (χ0n) is 14.0. The normalized spacial score (nSPS) is 15.2. The summed E-state index contributed by atoms with van der Waals surface area (Å²) in [6.45, 7) is 8.79. The van der Waals surface area contributed by atoms with E-state index in [1.54, 1.807) is 0 Å². The minimum Gasteiger partial charge on any atom is -0.326 e. The van der Waals surface area contributed by atoms with Crippen LogP contribution in [0.1, 0.15) is 31.4 Å². The topological polar surface area (TPSA) is 67.1 Å². The van der Waals surface area contributed by atoms with E-state index in [1.807, 2.05) is 26.0 Å². The molecule has 22 heavy (non-hydrogen) atoms. The van der Waals surface area contributed by atoms with Gasteiger partial charge in [0.25, 0.3) is 0 Å². The van der Waals surface area contributed by atoms with Crippen molar-refractivity contribution in [3.05, 3.63) is 29.3 Å². The molecular formula is C17H29N3OS. The van der Waals surface area contributed by atoms with Gasteiger partial charge in [-0.2, -0.15) is 12.6 Å². The number of thiol groups is 1. The second kappa shape index (κ2) is 9.18. The fourth-order valence-corrected chi connectivity index (χ4v) is 2.42. The van der Waals surface area contributed by atoms with Gasteiger partial charge in [0.1, 0.15) is 0 Å². The number of amides is 1. The molecule has 0 aromatic heterocycles. The molecule has 0 spiro atoms. The summed E-state index contributed by atoms with van der Waals surface area (Å²) >= 11 is 4.18. The Balaban J connectivity index is 2.78. The number of carbonyl (C=O) groups excluding carboxylic acids is 1. The number of carbonyl (C=O) groups is 1. The second-order valence-corrected chi connectivity index (χ2v) is 6.39. The van der Waals surface area contributed by atoms with Crippen molar-refractivity contribution in [2.75, 3.05) is 17.6 Å². The summed E-state index contributed by atoms with van der Waals surface area (Å²) in [5.41, 5.74) is 9.01. The van der Waals surface area contributed by atoms with Crippen molar-refractivity contribution in [2.45, 2.75) is 46.2 Å². The SMILES string of the molecule is CC[C@H](C)[C@@H](NCC(N)CS)C(=O)Nc1ccc(C)cc1C. The van der Waals surface area contributed by atoms with Crippen molar-refractivity contribution in [3.63, 3.8) is 0 Å². The Morgan fingerprint density at radius 2 is 2.05 bits per heavy atom. The number of nitrogens with two attached hydrogens (primary N) is 1. The predicted octanol–water partition coefficient (Wildman–Crippen LogP) is 2.50. The summed E-state index contributed by atoms with van der Waals surface area (Å²) < 4.78 is 0. The molecule has 4 nitrogen and oxygen atoms in total. The van der Waals surface area contributed by atoms with Gasteiger partial charge in [-0.1, -0.05) is 38.0 Å². The molecule has 0 aliphatic heterocycles. The molecule has 0 bridgehead atoms. The van der Waals surface area contributed by atoms with Crippen LogP contribution >= 0.6 is 12.6 Å². The summed E-state index contributed by atoms with van der Waals surface area (Å²) in [7, 11) is 0. The lowest BCUT2D eigenvalue weighted by molar-refractivity contribution is -0.119. The minimum absolute atomic E-state index is 0.00679. The molecule has 1 aromatic carbocycles. The Morgan fingerprint density at radius 3 is 2.59 bits per heavy atom. The molecule has 3 atom stereocenters. The zero-order chi connectivity index (χ0) is 16.7. The molecule has 0 heterocycles. The standard InChI is InChI=1S/C17H29N3OS/c1-5-12(3)16(19-9-14(18)10-22)17(21)20-15-7-6-11(2)8-13(15)4/h6-8,12,14,16,19,22H,5,9-10,18H2,1-4H3,(H,20,21)/t12-,14?,16+/m0/s1. The van der Waals surface area contributed by atoms with Gasteiger partial charge in [-0.25, -0.2) is 0 Å². The van der Waals surface area contributed by atoms with Crippen molar-refractivity contribution in [2.24, 2.45) is 11.7 Å². The van der Waals surface area contributed by atoms with Crippen LogP contribution < -0.4 is 16.4 Å². The summed E-state index contributed by atoms with van der Waals surface area (Å²) in [6, 6.07) is 5.72. The molecular weight excluding hydrogens is 294 g/mol. The maximum Gasteiger partial charge on any atom is 0.241 e. The summed E-state index contributed by atoms with van der Waals surface area (Å²) in [4.78, 5) is 12.6. The summed E-state index contributed by atoms with van der Waals surface area (Å²) in [6.07, 6.45) is 0.925. The Kier molecular flexibility index (Phi) is 7.93. The fraction of sp³-hybridized carbons (Fsp3) is 0.588.